The van der Waals surface area contributed by atoms with Gasteiger partial charge < -0.3 is 9.64 Å². The van der Waals surface area contributed by atoms with Crippen molar-refractivity contribution in [1.82, 2.24) is 20.3 Å². The lowest BCUT2D eigenvalue weighted by atomic mass is 10.2. The van der Waals surface area contributed by atoms with Crippen molar-refractivity contribution in [2.75, 3.05) is 40.3 Å². The van der Waals surface area contributed by atoms with Gasteiger partial charge >= 0.3 is 0 Å². The number of nitrogens with zero attached hydrogens (tertiary/aromatic N) is 3. The molecule has 2 rings (SSSR count). The van der Waals surface area contributed by atoms with Gasteiger partial charge in [0.2, 0.25) is 5.88 Å². The van der Waals surface area contributed by atoms with Gasteiger partial charge in [-0.2, -0.15) is 0 Å². The zero-order valence-electron chi connectivity index (χ0n) is 11.0. The third kappa shape index (κ3) is 3.79. The molecule has 0 aromatic carbocycles. The second-order valence-corrected chi connectivity index (χ2v) is 4.84. The maximum Gasteiger partial charge on any atom is 0.265 e. The van der Waals surface area contributed by atoms with Crippen molar-refractivity contribution in [2.24, 2.45) is 0 Å². The number of hydrazine groups is 1. The van der Waals surface area contributed by atoms with Crippen LogP contribution < -0.4 is 10.2 Å². The van der Waals surface area contributed by atoms with Crippen molar-refractivity contribution in [3.63, 3.8) is 0 Å². The molecule has 2 heterocycles. The predicted octanol–water partition coefficient (Wildman–Crippen LogP) is 0.636. The molecule has 0 atom stereocenters. The largest absolute Gasteiger partial charge is 0.481 e. The molecule has 0 aliphatic carbocycles. The number of piperazine rings is 1. The molecule has 1 N–H and O–H groups in total. The fourth-order valence-electron chi connectivity index (χ4n) is 1.83. The molecule has 1 aliphatic heterocycles. The Morgan fingerprint density at radius 2 is 2.05 bits per heavy atom. The number of pyridine rings is 1. The van der Waals surface area contributed by atoms with E-state index in [4.69, 9.17) is 16.3 Å². The van der Waals surface area contributed by atoms with Crippen LogP contribution in [0.1, 0.15) is 10.4 Å². The van der Waals surface area contributed by atoms with Crippen molar-refractivity contribution >= 4 is 17.5 Å². The number of likely N-dealkylation sites (N-methyl/N-ethyl adjacent to an activating group) is 1. The van der Waals surface area contributed by atoms with E-state index in [1.807, 2.05) is 5.01 Å². The van der Waals surface area contributed by atoms with Crippen molar-refractivity contribution in [2.45, 2.75) is 0 Å². The summed E-state index contributed by atoms with van der Waals surface area (Å²) in [4.78, 5) is 18.3. The highest BCUT2D eigenvalue weighted by molar-refractivity contribution is 6.29. The molecule has 6 nitrogen and oxygen atoms in total. The Balaban J connectivity index is 2.01. The quantitative estimate of drug-likeness (QED) is 0.826. The van der Waals surface area contributed by atoms with Crippen LogP contribution in [0.15, 0.2) is 12.1 Å². The smallest absolute Gasteiger partial charge is 0.265 e. The van der Waals surface area contributed by atoms with Gasteiger partial charge in [-0.1, -0.05) is 11.6 Å². The summed E-state index contributed by atoms with van der Waals surface area (Å²) in [6, 6.07) is 3.09. The second-order valence-electron chi connectivity index (χ2n) is 4.45. The lowest BCUT2D eigenvalue weighted by molar-refractivity contribution is 0.0662. The normalized spacial score (nSPS) is 17.2. The summed E-state index contributed by atoms with van der Waals surface area (Å²) >= 11 is 5.84. The molecule has 0 unspecified atom stereocenters. The van der Waals surface area contributed by atoms with Crippen molar-refractivity contribution in [3.8, 4) is 5.88 Å². The first-order valence-corrected chi connectivity index (χ1v) is 6.42. The van der Waals surface area contributed by atoms with Crippen LogP contribution in [0.2, 0.25) is 5.15 Å². The average molecular weight is 285 g/mol. The number of amides is 1. The molecule has 0 bridgehead atoms. The minimum absolute atomic E-state index is 0.202. The molecule has 0 radical (unpaired) electrons. The van der Waals surface area contributed by atoms with Crippen LogP contribution in [-0.4, -0.2) is 61.1 Å². The molecular weight excluding hydrogens is 268 g/mol. The summed E-state index contributed by atoms with van der Waals surface area (Å²) in [5.74, 6) is 0.128. The topological polar surface area (TPSA) is 57.7 Å². The molecule has 1 amide bonds. The Morgan fingerprint density at radius 3 is 2.68 bits per heavy atom. The van der Waals surface area contributed by atoms with E-state index in [1.54, 1.807) is 6.07 Å². The van der Waals surface area contributed by atoms with E-state index in [2.05, 4.69) is 22.4 Å². The highest BCUT2D eigenvalue weighted by Crippen LogP contribution is 2.16. The van der Waals surface area contributed by atoms with Gasteiger partial charge in [0.05, 0.1) is 7.11 Å². The summed E-state index contributed by atoms with van der Waals surface area (Å²) in [6.07, 6.45) is 0. The van der Waals surface area contributed by atoms with E-state index in [1.165, 1.54) is 13.2 Å². The molecule has 0 saturated carbocycles. The van der Waals surface area contributed by atoms with Crippen LogP contribution in [0.5, 0.6) is 5.88 Å². The average Bonchev–Trinajstić information content (AvgIpc) is 2.40. The van der Waals surface area contributed by atoms with Gasteiger partial charge in [0.25, 0.3) is 5.91 Å². The molecule has 19 heavy (non-hydrogen) atoms. The van der Waals surface area contributed by atoms with Gasteiger partial charge in [0.15, 0.2) is 0 Å². The summed E-state index contributed by atoms with van der Waals surface area (Å²) in [5.41, 5.74) is 3.30. The molecule has 1 aliphatic rings. The number of carbonyl (C=O) groups excluding carboxylic acids is 1. The molecule has 1 saturated heterocycles. The number of halogens is 1. The van der Waals surface area contributed by atoms with Gasteiger partial charge in [-0.3, -0.25) is 10.2 Å². The van der Waals surface area contributed by atoms with Gasteiger partial charge in [0.1, 0.15) is 5.15 Å². The molecule has 1 aromatic rings. The van der Waals surface area contributed by atoms with Crippen molar-refractivity contribution in [1.29, 1.82) is 0 Å². The molecule has 1 aromatic heterocycles. The number of methoxy groups -OCH3 is 1. The molecule has 104 valence electrons. The number of aromatic nitrogens is 1. The van der Waals surface area contributed by atoms with E-state index in [9.17, 15) is 4.79 Å². The Hall–Kier alpha value is -1.37. The number of hydrogen-bond donors (Lipinski definition) is 1. The third-order valence-corrected chi connectivity index (χ3v) is 3.20. The van der Waals surface area contributed by atoms with Crippen molar-refractivity contribution in [3.05, 3.63) is 22.8 Å². The van der Waals surface area contributed by atoms with Gasteiger partial charge in [-0.15, -0.1) is 0 Å². The summed E-state index contributed by atoms with van der Waals surface area (Å²) < 4.78 is 4.99. The van der Waals surface area contributed by atoms with Crippen LogP contribution in [0.3, 0.4) is 0 Å². The standard InChI is InChI=1S/C12H17ClN4O2/c1-16-3-5-17(6-4-16)15-12(18)9-7-10(13)14-11(8-9)19-2/h7-8H,3-6H2,1-2H3,(H,15,18). The van der Waals surface area contributed by atoms with Crippen LogP contribution in [0, 0.1) is 0 Å². The van der Waals surface area contributed by atoms with Crippen LogP contribution in [-0.2, 0) is 0 Å². The maximum absolute atomic E-state index is 12.1. The minimum atomic E-state index is -0.202. The predicted molar refractivity (Wildman–Crippen MR) is 72.3 cm³/mol. The zero-order chi connectivity index (χ0) is 13.8. The van der Waals surface area contributed by atoms with Crippen molar-refractivity contribution < 1.29 is 9.53 Å². The summed E-state index contributed by atoms with van der Waals surface area (Å²) in [6.45, 7) is 3.47. The number of rotatable bonds is 3. The number of ether oxygens (including phenoxy) is 1. The Bertz CT molecular complexity index is 461. The Morgan fingerprint density at radius 1 is 1.37 bits per heavy atom. The molecule has 7 heteroatoms. The van der Waals surface area contributed by atoms with E-state index in [0.29, 0.717) is 11.4 Å². The monoisotopic (exact) mass is 284 g/mol. The first-order chi connectivity index (χ1) is 9.08. The number of carbonyl (C=O) groups is 1. The zero-order valence-corrected chi connectivity index (χ0v) is 11.8. The van der Waals surface area contributed by atoms with Gasteiger partial charge in [-0.25, -0.2) is 9.99 Å². The number of hydrogen-bond acceptors (Lipinski definition) is 5. The Kier molecular flexibility index (Phi) is 4.57. The van der Waals surface area contributed by atoms with E-state index in [-0.39, 0.29) is 11.1 Å². The minimum Gasteiger partial charge on any atom is -0.481 e. The first-order valence-electron chi connectivity index (χ1n) is 6.04. The fourth-order valence-corrected chi connectivity index (χ4v) is 2.04. The number of nitrogens with one attached hydrogen (secondary N) is 1. The van der Waals surface area contributed by atoms with Crippen LogP contribution >= 0.6 is 11.6 Å². The lowest BCUT2D eigenvalue weighted by Crippen LogP contribution is -2.52. The fraction of sp³-hybridized carbons (Fsp3) is 0.500. The molecular formula is C12H17ClN4O2. The summed E-state index contributed by atoms with van der Waals surface area (Å²) in [7, 11) is 3.55. The van der Waals surface area contributed by atoms with Gasteiger partial charge in [0, 0.05) is 37.8 Å². The van der Waals surface area contributed by atoms with E-state index >= 15 is 0 Å². The van der Waals surface area contributed by atoms with Crippen LogP contribution in [0.4, 0.5) is 0 Å². The maximum atomic E-state index is 12.1. The first kappa shape index (κ1) is 14.0. The van der Waals surface area contributed by atoms with Crippen LogP contribution in [0.25, 0.3) is 0 Å². The SMILES string of the molecule is COc1cc(C(=O)NN2CCN(C)CC2)cc(Cl)n1. The third-order valence-electron chi connectivity index (χ3n) is 3.00. The highest BCUT2D eigenvalue weighted by Gasteiger charge is 2.17. The van der Waals surface area contributed by atoms with E-state index < -0.39 is 0 Å². The molecule has 1 fully saturated rings. The van der Waals surface area contributed by atoms with E-state index in [0.717, 1.165) is 26.2 Å². The molecule has 0 spiro atoms. The Labute approximate surface area is 117 Å². The lowest BCUT2D eigenvalue weighted by Gasteiger charge is -2.32. The summed E-state index contributed by atoms with van der Waals surface area (Å²) in [5, 5.41) is 2.14. The highest BCUT2D eigenvalue weighted by atomic mass is 35.5. The van der Waals surface area contributed by atoms with Gasteiger partial charge in [-0.05, 0) is 13.1 Å². The second kappa shape index (κ2) is 6.18.